The van der Waals surface area contributed by atoms with E-state index in [0.29, 0.717) is 13.2 Å². The highest BCUT2D eigenvalue weighted by Crippen LogP contribution is 1.90. The van der Waals surface area contributed by atoms with E-state index in [2.05, 4.69) is 0 Å². The molecule has 0 aromatic heterocycles. The Morgan fingerprint density at radius 1 is 1.42 bits per heavy atom. The van der Waals surface area contributed by atoms with Crippen LogP contribution in [-0.4, -0.2) is 39.4 Å². The van der Waals surface area contributed by atoms with Gasteiger partial charge >= 0.3 is 0 Å². The van der Waals surface area contributed by atoms with E-state index in [1.54, 1.807) is 0 Å². The monoisotopic (exact) mass is 194 g/mol. The zero-order valence-electron chi connectivity index (χ0n) is 7.37. The quantitative estimate of drug-likeness (QED) is 0.559. The van der Waals surface area contributed by atoms with E-state index < -0.39 is 9.84 Å². The first-order valence-corrected chi connectivity index (χ1v) is 5.79. The molecule has 0 amide bonds. The maximum atomic E-state index is 10.9. The summed E-state index contributed by atoms with van der Waals surface area (Å²) in [7, 11) is -3.17. The van der Waals surface area contributed by atoms with Gasteiger partial charge in [-0.05, 0) is 6.92 Å². The predicted molar refractivity (Wildman–Crippen MR) is 45.8 cm³/mol. The van der Waals surface area contributed by atoms with Crippen LogP contribution in [0.15, 0.2) is 0 Å². The van der Waals surface area contributed by atoms with Gasteiger partial charge in [0, 0.05) is 19.3 Å². The number of ether oxygens (including phenoxy) is 1. The summed E-state index contributed by atoms with van der Waals surface area (Å²) < 4.78 is 26.1. The van der Waals surface area contributed by atoms with Crippen LogP contribution in [0.3, 0.4) is 0 Å². The average molecular weight is 194 g/mol. The second-order valence-corrected chi connectivity index (χ2v) is 4.70. The van der Waals surface area contributed by atoms with E-state index >= 15 is 0 Å². The molecule has 4 nitrogen and oxygen atoms in total. The summed E-state index contributed by atoms with van der Waals surface area (Å²) in [4.78, 5) is 10.9. The molecule has 0 aliphatic heterocycles. The molecule has 0 rings (SSSR count). The van der Waals surface area contributed by atoms with Gasteiger partial charge in [0.25, 0.3) is 0 Å². The Labute approximate surface area is 72.8 Å². The maximum Gasteiger partial charge on any atom is 0.154 e. The van der Waals surface area contributed by atoms with E-state index in [1.807, 2.05) is 6.92 Å². The largest absolute Gasteiger partial charge is 0.381 e. The van der Waals surface area contributed by atoms with Crippen LogP contribution in [0.2, 0.25) is 0 Å². The molecule has 0 bridgehead atoms. The fourth-order valence-electron chi connectivity index (χ4n) is 0.695. The third-order valence-corrected chi connectivity index (χ3v) is 2.00. The number of carbonyl (C=O) groups is 1. The smallest absolute Gasteiger partial charge is 0.154 e. The second kappa shape index (κ2) is 5.27. The molecule has 0 aromatic carbocycles. The zero-order chi connectivity index (χ0) is 9.61. The van der Waals surface area contributed by atoms with Gasteiger partial charge in [-0.15, -0.1) is 0 Å². The Kier molecular flexibility index (Phi) is 5.08. The molecule has 0 heterocycles. The highest BCUT2D eigenvalue weighted by atomic mass is 32.2. The minimum atomic E-state index is -3.17. The third-order valence-electron chi connectivity index (χ3n) is 1.15. The number of hydrogen-bond donors (Lipinski definition) is 0. The molecule has 0 aromatic rings. The number of rotatable bonds is 6. The van der Waals surface area contributed by atoms with Crippen molar-refractivity contribution in [2.75, 3.05) is 25.2 Å². The first kappa shape index (κ1) is 11.6. The minimum Gasteiger partial charge on any atom is -0.381 e. The van der Waals surface area contributed by atoms with Crippen LogP contribution in [0.25, 0.3) is 0 Å². The van der Waals surface area contributed by atoms with Crippen molar-refractivity contribution < 1.29 is 17.9 Å². The summed E-state index contributed by atoms with van der Waals surface area (Å²) in [5, 5.41) is 0. The van der Waals surface area contributed by atoms with Crippen molar-refractivity contribution in [1.29, 1.82) is 0 Å². The van der Waals surface area contributed by atoms with Gasteiger partial charge in [-0.2, -0.15) is 0 Å². The lowest BCUT2D eigenvalue weighted by Crippen LogP contribution is -2.16. The summed E-state index contributed by atoms with van der Waals surface area (Å²) in [6, 6.07) is 0. The molecular weight excluding hydrogens is 180 g/mol. The van der Waals surface area contributed by atoms with Gasteiger partial charge in [0.05, 0.1) is 6.61 Å². The lowest BCUT2D eigenvalue weighted by atomic mass is 10.3. The summed E-state index contributed by atoms with van der Waals surface area (Å²) in [5.41, 5.74) is 0. The molecule has 0 aliphatic carbocycles. The molecule has 0 saturated heterocycles. The van der Waals surface area contributed by atoms with E-state index in [4.69, 9.17) is 4.74 Å². The van der Waals surface area contributed by atoms with Crippen molar-refractivity contribution in [2.24, 2.45) is 0 Å². The van der Waals surface area contributed by atoms with Crippen LogP contribution in [-0.2, 0) is 19.4 Å². The van der Waals surface area contributed by atoms with Crippen molar-refractivity contribution >= 4 is 15.6 Å². The van der Waals surface area contributed by atoms with Crippen LogP contribution in [0.1, 0.15) is 13.3 Å². The molecule has 12 heavy (non-hydrogen) atoms. The molecule has 0 saturated carbocycles. The minimum absolute atomic E-state index is 0.181. The number of Topliss-reactive ketones (excluding diaryl/α,β-unsaturated/α-hetero) is 1. The topological polar surface area (TPSA) is 60.4 Å². The number of ketones is 1. The molecule has 0 aliphatic rings. The fraction of sp³-hybridized carbons (Fsp3) is 0.857. The standard InChI is InChI=1S/C7H14O4S/c1-3-11-5-4-7(8)6-12(2,9)10/h3-6H2,1-2H3. The number of hydrogen-bond acceptors (Lipinski definition) is 4. The van der Waals surface area contributed by atoms with E-state index in [0.717, 1.165) is 6.26 Å². The van der Waals surface area contributed by atoms with Gasteiger partial charge in [-0.25, -0.2) is 8.42 Å². The van der Waals surface area contributed by atoms with Gasteiger partial charge in [0.1, 0.15) is 11.5 Å². The summed E-state index contributed by atoms with van der Waals surface area (Å²) in [6.45, 7) is 2.68. The SMILES string of the molecule is CCOCCC(=O)CS(C)(=O)=O. The Morgan fingerprint density at radius 2 is 2.00 bits per heavy atom. The van der Waals surface area contributed by atoms with Gasteiger partial charge in [0.15, 0.2) is 9.84 Å². The average Bonchev–Trinajstić information content (AvgIpc) is 1.84. The van der Waals surface area contributed by atoms with Crippen molar-refractivity contribution in [2.45, 2.75) is 13.3 Å². The van der Waals surface area contributed by atoms with Gasteiger partial charge < -0.3 is 4.74 Å². The fourth-order valence-corrected chi connectivity index (χ4v) is 1.42. The van der Waals surface area contributed by atoms with Crippen molar-refractivity contribution in [1.82, 2.24) is 0 Å². The van der Waals surface area contributed by atoms with Crippen LogP contribution >= 0.6 is 0 Å². The van der Waals surface area contributed by atoms with Crippen molar-refractivity contribution in [3.63, 3.8) is 0 Å². The summed E-state index contributed by atoms with van der Waals surface area (Å²) >= 11 is 0. The first-order valence-electron chi connectivity index (χ1n) is 3.73. The van der Waals surface area contributed by atoms with Crippen LogP contribution in [0.5, 0.6) is 0 Å². The lowest BCUT2D eigenvalue weighted by molar-refractivity contribution is -0.117. The highest BCUT2D eigenvalue weighted by molar-refractivity contribution is 7.91. The summed E-state index contributed by atoms with van der Waals surface area (Å²) in [5.74, 6) is -0.661. The number of sulfone groups is 1. The van der Waals surface area contributed by atoms with E-state index in [1.165, 1.54) is 0 Å². The molecule has 72 valence electrons. The molecule has 0 unspecified atom stereocenters. The van der Waals surface area contributed by atoms with Crippen LogP contribution in [0, 0.1) is 0 Å². The van der Waals surface area contributed by atoms with Crippen molar-refractivity contribution in [3.05, 3.63) is 0 Å². The molecule has 0 spiro atoms. The Balaban J connectivity index is 3.62. The van der Waals surface area contributed by atoms with Crippen LogP contribution < -0.4 is 0 Å². The van der Waals surface area contributed by atoms with Crippen molar-refractivity contribution in [3.8, 4) is 0 Å². The van der Waals surface area contributed by atoms with Gasteiger partial charge in [-0.1, -0.05) is 0 Å². The summed E-state index contributed by atoms with van der Waals surface area (Å²) in [6.07, 6.45) is 1.23. The molecule has 0 N–H and O–H groups in total. The molecular formula is C7H14O4S. The first-order chi connectivity index (χ1) is 5.45. The third kappa shape index (κ3) is 7.68. The Bertz CT molecular complexity index is 230. The Morgan fingerprint density at radius 3 is 2.42 bits per heavy atom. The maximum absolute atomic E-state index is 10.9. The van der Waals surface area contributed by atoms with E-state index in [-0.39, 0.29) is 18.0 Å². The highest BCUT2D eigenvalue weighted by Gasteiger charge is 2.09. The Hall–Kier alpha value is -0.420. The predicted octanol–water partition coefficient (Wildman–Crippen LogP) is 0.0267. The molecule has 0 fully saturated rings. The van der Waals surface area contributed by atoms with Gasteiger partial charge in [-0.3, -0.25) is 4.79 Å². The van der Waals surface area contributed by atoms with Crippen LogP contribution in [0.4, 0.5) is 0 Å². The lowest BCUT2D eigenvalue weighted by Gasteiger charge is -1.99. The molecule has 0 radical (unpaired) electrons. The molecule has 5 heteroatoms. The normalized spacial score (nSPS) is 11.5. The molecule has 0 atom stereocenters. The second-order valence-electron chi connectivity index (χ2n) is 2.56. The van der Waals surface area contributed by atoms with Gasteiger partial charge in [0.2, 0.25) is 0 Å². The zero-order valence-corrected chi connectivity index (χ0v) is 8.19. The van der Waals surface area contributed by atoms with E-state index in [9.17, 15) is 13.2 Å². The number of carbonyl (C=O) groups excluding carboxylic acids is 1.